The first kappa shape index (κ1) is 15.6. The summed E-state index contributed by atoms with van der Waals surface area (Å²) in [5.41, 5.74) is 5.92. The van der Waals surface area contributed by atoms with Crippen molar-refractivity contribution in [1.29, 1.82) is 0 Å². The van der Waals surface area contributed by atoms with E-state index in [4.69, 9.17) is 10.2 Å². The number of rotatable bonds is 5. The second-order valence-electron chi connectivity index (χ2n) is 4.54. The molecule has 0 bridgehead atoms. The number of nitrogens with zero attached hydrogens (tertiary/aromatic N) is 1. The van der Waals surface area contributed by atoms with Crippen molar-refractivity contribution in [3.05, 3.63) is 59.3 Å². The molecule has 0 aliphatic carbocycles. The summed E-state index contributed by atoms with van der Waals surface area (Å²) in [6.45, 7) is 0.776. The van der Waals surface area contributed by atoms with Gasteiger partial charge in [-0.25, -0.2) is 4.39 Å². The molecule has 0 spiro atoms. The smallest absolute Gasteiger partial charge is 0.284 e. The lowest BCUT2D eigenvalue weighted by molar-refractivity contribution is 0.0972. The number of amides is 1. The van der Waals surface area contributed by atoms with E-state index in [-0.39, 0.29) is 11.6 Å². The Kier molecular flexibility index (Phi) is 5.13. The molecule has 4 N–H and O–H groups in total. The molecule has 22 heavy (non-hydrogen) atoms. The van der Waals surface area contributed by atoms with Gasteiger partial charge in [-0.1, -0.05) is 12.1 Å². The highest BCUT2D eigenvalue weighted by molar-refractivity contribution is 5.89. The summed E-state index contributed by atoms with van der Waals surface area (Å²) < 4.78 is 18.3. The van der Waals surface area contributed by atoms with Gasteiger partial charge in [0.25, 0.3) is 5.91 Å². The molecule has 1 heterocycles. The Hall–Kier alpha value is -2.83. The molecule has 1 amide bonds. The van der Waals surface area contributed by atoms with E-state index in [0.717, 1.165) is 5.56 Å². The summed E-state index contributed by atoms with van der Waals surface area (Å²) >= 11 is 0. The third-order valence-corrected chi connectivity index (χ3v) is 2.91. The highest BCUT2D eigenvalue weighted by atomic mass is 19.1. The standard InChI is InChI=1S/C15H17FN4O2/c1-18-15(19-8-10-3-2-4-11(16)7-10)20-9-12-5-6-13(22-12)14(17)21/h2-7H,8-9H2,1H3,(H2,17,21)(H2,18,19,20). The van der Waals surface area contributed by atoms with Gasteiger partial charge in [0.1, 0.15) is 11.6 Å². The molecule has 116 valence electrons. The normalized spacial score (nSPS) is 11.3. The van der Waals surface area contributed by atoms with Crippen molar-refractivity contribution >= 4 is 11.9 Å². The number of benzene rings is 1. The SMILES string of the molecule is CN=C(NCc1cccc(F)c1)NCc1ccc(C(N)=O)o1. The van der Waals surface area contributed by atoms with Gasteiger partial charge in [0.2, 0.25) is 0 Å². The molecule has 0 fully saturated rings. The number of carbonyl (C=O) groups excluding carboxylic acids is 1. The minimum absolute atomic E-state index is 0.111. The molecule has 0 radical (unpaired) electrons. The Bertz CT molecular complexity index is 682. The number of furan rings is 1. The molecule has 0 unspecified atom stereocenters. The van der Waals surface area contributed by atoms with Crippen molar-refractivity contribution in [2.24, 2.45) is 10.7 Å². The fraction of sp³-hybridized carbons (Fsp3) is 0.200. The summed E-state index contributed by atoms with van der Waals surface area (Å²) in [7, 11) is 1.62. The molecule has 6 nitrogen and oxygen atoms in total. The fourth-order valence-corrected chi connectivity index (χ4v) is 1.83. The van der Waals surface area contributed by atoms with E-state index in [1.165, 1.54) is 18.2 Å². The zero-order chi connectivity index (χ0) is 15.9. The lowest BCUT2D eigenvalue weighted by Gasteiger charge is -2.11. The van der Waals surface area contributed by atoms with Crippen LogP contribution >= 0.6 is 0 Å². The summed E-state index contributed by atoms with van der Waals surface area (Å²) in [5.74, 6) is 0.306. The first-order valence-electron chi connectivity index (χ1n) is 6.66. The third-order valence-electron chi connectivity index (χ3n) is 2.91. The minimum Gasteiger partial charge on any atom is -0.454 e. The molecule has 2 aromatic rings. The first-order chi connectivity index (χ1) is 10.6. The van der Waals surface area contributed by atoms with Crippen LogP contribution in [-0.4, -0.2) is 18.9 Å². The summed E-state index contributed by atoms with van der Waals surface area (Å²) in [6, 6.07) is 9.48. The molecule has 0 aliphatic rings. The van der Waals surface area contributed by atoms with Crippen LogP contribution in [0, 0.1) is 5.82 Å². The van der Waals surface area contributed by atoms with Gasteiger partial charge in [0.05, 0.1) is 6.54 Å². The van der Waals surface area contributed by atoms with E-state index in [0.29, 0.717) is 24.8 Å². The highest BCUT2D eigenvalue weighted by Gasteiger charge is 2.07. The number of primary amides is 1. The van der Waals surface area contributed by atoms with Gasteiger partial charge in [-0.15, -0.1) is 0 Å². The number of hydrogen-bond donors (Lipinski definition) is 3. The number of carbonyl (C=O) groups is 1. The molecule has 0 saturated carbocycles. The lowest BCUT2D eigenvalue weighted by Crippen LogP contribution is -2.36. The van der Waals surface area contributed by atoms with Crippen molar-refractivity contribution in [3.63, 3.8) is 0 Å². The monoisotopic (exact) mass is 304 g/mol. The van der Waals surface area contributed by atoms with Crippen LogP contribution in [-0.2, 0) is 13.1 Å². The van der Waals surface area contributed by atoms with E-state index >= 15 is 0 Å². The lowest BCUT2D eigenvalue weighted by atomic mass is 10.2. The fourth-order valence-electron chi connectivity index (χ4n) is 1.83. The predicted octanol–water partition coefficient (Wildman–Crippen LogP) is 1.38. The van der Waals surface area contributed by atoms with E-state index in [9.17, 15) is 9.18 Å². The highest BCUT2D eigenvalue weighted by Crippen LogP contribution is 2.06. The second kappa shape index (κ2) is 7.26. The van der Waals surface area contributed by atoms with Crippen LogP contribution in [0.4, 0.5) is 4.39 Å². The van der Waals surface area contributed by atoms with Crippen molar-refractivity contribution in [2.45, 2.75) is 13.1 Å². The van der Waals surface area contributed by atoms with Crippen molar-refractivity contribution in [3.8, 4) is 0 Å². The number of nitrogens with two attached hydrogens (primary N) is 1. The van der Waals surface area contributed by atoms with Crippen LogP contribution in [0.25, 0.3) is 0 Å². The van der Waals surface area contributed by atoms with Crippen molar-refractivity contribution in [2.75, 3.05) is 7.05 Å². The average Bonchev–Trinajstić information content (AvgIpc) is 2.97. The largest absolute Gasteiger partial charge is 0.454 e. The van der Waals surface area contributed by atoms with Crippen LogP contribution in [0.15, 0.2) is 45.8 Å². The number of halogens is 1. The van der Waals surface area contributed by atoms with Gasteiger partial charge in [0.15, 0.2) is 11.7 Å². The molecule has 0 atom stereocenters. The Morgan fingerprint density at radius 3 is 2.68 bits per heavy atom. The van der Waals surface area contributed by atoms with Crippen molar-refractivity contribution < 1.29 is 13.6 Å². The molecular weight excluding hydrogens is 287 g/mol. The average molecular weight is 304 g/mol. The van der Waals surface area contributed by atoms with Gasteiger partial charge in [-0.2, -0.15) is 0 Å². The van der Waals surface area contributed by atoms with Gasteiger partial charge in [-0.3, -0.25) is 9.79 Å². The molecule has 1 aromatic heterocycles. The Labute approximate surface area is 127 Å². The first-order valence-corrected chi connectivity index (χ1v) is 6.66. The Morgan fingerprint density at radius 2 is 2.05 bits per heavy atom. The minimum atomic E-state index is -0.611. The third kappa shape index (κ3) is 4.34. The van der Waals surface area contributed by atoms with E-state index < -0.39 is 5.91 Å². The number of nitrogens with one attached hydrogen (secondary N) is 2. The predicted molar refractivity (Wildman–Crippen MR) is 80.7 cm³/mol. The zero-order valence-electron chi connectivity index (χ0n) is 12.1. The second-order valence-corrected chi connectivity index (χ2v) is 4.54. The van der Waals surface area contributed by atoms with Crippen LogP contribution in [0.5, 0.6) is 0 Å². The molecule has 0 aliphatic heterocycles. The number of aliphatic imine (C=N–C) groups is 1. The molecular formula is C15H17FN4O2. The maximum Gasteiger partial charge on any atom is 0.284 e. The number of guanidine groups is 1. The van der Waals surface area contributed by atoms with E-state index in [2.05, 4.69) is 15.6 Å². The maximum absolute atomic E-state index is 13.1. The summed E-state index contributed by atoms with van der Waals surface area (Å²) in [6.07, 6.45) is 0. The van der Waals surface area contributed by atoms with Gasteiger partial charge < -0.3 is 20.8 Å². The Balaban J connectivity index is 1.85. The van der Waals surface area contributed by atoms with Crippen LogP contribution in [0.2, 0.25) is 0 Å². The van der Waals surface area contributed by atoms with Gasteiger partial charge in [0, 0.05) is 13.6 Å². The molecule has 2 rings (SSSR count). The zero-order valence-corrected chi connectivity index (χ0v) is 12.1. The molecule has 0 saturated heterocycles. The Morgan fingerprint density at radius 1 is 1.27 bits per heavy atom. The molecule has 7 heteroatoms. The van der Waals surface area contributed by atoms with Crippen LogP contribution in [0.1, 0.15) is 21.9 Å². The number of hydrogen-bond acceptors (Lipinski definition) is 3. The van der Waals surface area contributed by atoms with E-state index in [1.54, 1.807) is 19.2 Å². The maximum atomic E-state index is 13.1. The van der Waals surface area contributed by atoms with Crippen LogP contribution < -0.4 is 16.4 Å². The van der Waals surface area contributed by atoms with Gasteiger partial charge in [-0.05, 0) is 29.8 Å². The summed E-state index contributed by atoms with van der Waals surface area (Å²) in [4.78, 5) is 15.0. The topological polar surface area (TPSA) is 92.6 Å². The van der Waals surface area contributed by atoms with E-state index in [1.807, 2.05) is 6.07 Å². The quantitative estimate of drug-likeness (QED) is 0.575. The van der Waals surface area contributed by atoms with Crippen molar-refractivity contribution in [1.82, 2.24) is 10.6 Å². The molecule has 1 aromatic carbocycles. The summed E-state index contributed by atoms with van der Waals surface area (Å²) in [5, 5.41) is 6.07. The van der Waals surface area contributed by atoms with Gasteiger partial charge >= 0.3 is 0 Å². The van der Waals surface area contributed by atoms with Crippen LogP contribution in [0.3, 0.4) is 0 Å².